The summed E-state index contributed by atoms with van der Waals surface area (Å²) in [7, 11) is 1.75. The van der Waals surface area contributed by atoms with Crippen LogP contribution in [-0.4, -0.2) is 50.1 Å². The number of halogens is 1. The molecule has 1 unspecified atom stereocenters. The van der Waals surface area contributed by atoms with Crippen molar-refractivity contribution in [3.05, 3.63) is 65.7 Å². The van der Waals surface area contributed by atoms with E-state index in [-0.39, 0.29) is 36.4 Å². The summed E-state index contributed by atoms with van der Waals surface area (Å²) in [5, 5.41) is 6.13. The van der Waals surface area contributed by atoms with Crippen LogP contribution in [0.25, 0.3) is 0 Å². The number of hydrogen-bond acceptors (Lipinski definition) is 3. The standard InChI is InChI=1S/C24H32N4O2.HI/c1-3-19-10-7-11-22(14-19)27-23(29)15-26-24(25-2)28-13-12-21(16-28)18-30-17-20-8-5-4-6-9-20;/h4-11,14,21H,3,12-13,15-18H2,1-2H3,(H,25,26)(H,27,29);1H. The number of carbonyl (C=O) groups excluding carboxylic acids is 1. The van der Waals surface area contributed by atoms with Crippen LogP contribution in [0.2, 0.25) is 0 Å². The molecule has 6 nitrogen and oxygen atoms in total. The summed E-state index contributed by atoms with van der Waals surface area (Å²) < 4.78 is 5.90. The predicted molar refractivity (Wildman–Crippen MR) is 137 cm³/mol. The van der Waals surface area contributed by atoms with E-state index in [1.807, 2.05) is 36.4 Å². The van der Waals surface area contributed by atoms with Gasteiger partial charge in [0.1, 0.15) is 0 Å². The van der Waals surface area contributed by atoms with E-state index < -0.39 is 0 Å². The van der Waals surface area contributed by atoms with Gasteiger partial charge in [0.25, 0.3) is 0 Å². The van der Waals surface area contributed by atoms with Crippen LogP contribution in [0.15, 0.2) is 59.6 Å². The quantitative estimate of drug-likeness (QED) is 0.305. The average Bonchev–Trinajstić information content (AvgIpc) is 3.24. The van der Waals surface area contributed by atoms with Crippen molar-refractivity contribution in [2.24, 2.45) is 10.9 Å². The molecule has 0 aliphatic carbocycles. The van der Waals surface area contributed by atoms with Gasteiger partial charge in [0, 0.05) is 31.7 Å². The Balaban J connectivity index is 0.00000341. The minimum Gasteiger partial charge on any atom is -0.376 e. The summed E-state index contributed by atoms with van der Waals surface area (Å²) in [5.74, 6) is 1.15. The van der Waals surface area contributed by atoms with Crippen LogP contribution in [0.5, 0.6) is 0 Å². The van der Waals surface area contributed by atoms with Gasteiger partial charge < -0.3 is 20.3 Å². The van der Waals surface area contributed by atoms with E-state index in [1.54, 1.807) is 7.05 Å². The first-order valence-corrected chi connectivity index (χ1v) is 10.6. The van der Waals surface area contributed by atoms with Crippen molar-refractivity contribution in [2.75, 3.05) is 38.6 Å². The number of anilines is 1. The fourth-order valence-corrected chi connectivity index (χ4v) is 3.64. The van der Waals surface area contributed by atoms with Gasteiger partial charge in [-0.1, -0.05) is 49.4 Å². The molecular weight excluding hydrogens is 503 g/mol. The zero-order valence-corrected chi connectivity index (χ0v) is 20.7. The van der Waals surface area contributed by atoms with E-state index in [4.69, 9.17) is 4.74 Å². The van der Waals surface area contributed by atoms with E-state index in [9.17, 15) is 4.79 Å². The van der Waals surface area contributed by atoms with Crippen LogP contribution in [0.1, 0.15) is 24.5 Å². The Morgan fingerprint density at radius 2 is 1.94 bits per heavy atom. The Labute approximate surface area is 202 Å². The maximum Gasteiger partial charge on any atom is 0.243 e. The molecule has 2 N–H and O–H groups in total. The molecule has 1 fully saturated rings. The highest BCUT2D eigenvalue weighted by molar-refractivity contribution is 14.0. The number of aliphatic imine (C=N–C) groups is 1. The average molecular weight is 536 g/mol. The molecule has 7 heteroatoms. The van der Waals surface area contributed by atoms with E-state index in [2.05, 4.69) is 45.6 Å². The number of aryl methyl sites for hydroxylation is 1. The number of nitrogens with one attached hydrogen (secondary N) is 2. The van der Waals surface area contributed by atoms with Crippen molar-refractivity contribution in [3.8, 4) is 0 Å². The highest BCUT2D eigenvalue weighted by Crippen LogP contribution is 2.17. The smallest absolute Gasteiger partial charge is 0.243 e. The van der Waals surface area contributed by atoms with Gasteiger partial charge in [-0.3, -0.25) is 9.79 Å². The maximum absolute atomic E-state index is 12.3. The Kier molecular flexibility index (Phi) is 10.8. The van der Waals surface area contributed by atoms with E-state index in [1.165, 1.54) is 11.1 Å². The number of carbonyl (C=O) groups is 1. The van der Waals surface area contributed by atoms with Gasteiger partial charge in [0.15, 0.2) is 5.96 Å². The summed E-state index contributed by atoms with van der Waals surface area (Å²) >= 11 is 0. The zero-order valence-electron chi connectivity index (χ0n) is 18.3. The van der Waals surface area contributed by atoms with Crippen molar-refractivity contribution in [1.82, 2.24) is 10.2 Å². The molecule has 0 radical (unpaired) electrons. The van der Waals surface area contributed by atoms with E-state index in [0.717, 1.165) is 44.2 Å². The molecule has 168 valence electrons. The van der Waals surface area contributed by atoms with Gasteiger partial charge in [0.2, 0.25) is 5.91 Å². The van der Waals surface area contributed by atoms with Gasteiger partial charge in [-0.15, -0.1) is 24.0 Å². The Hall–Kier alpha value is -2.13. The SMILES string of the molecule is CCc1cccc(NC(=O)CNC(=NC)N2CCC(COCc3ccccc3)C2)c1.I. The number of ether oxygens (including phenoxy) is 1. The molecule has 1 aliphatic heterocycles. The first kappa shape index (κ1) is 25.1. The minimum atomic E-state index is -0.0775. The van der Waals surface area contributed by atoms with Gasteiger partial charge in [-0.25, -0.2) is 0 Å². The number of benzene rings is 2. The number of likely N-dealkylation sites (tertiary alicyclic amines) is 1. The fraction of sp³-hybridized carbons (Fsp3) is 0.417. The summed E-state index contributed by atoms with van der Waals surface area (Å²) in [6, 6.07) is 18.2. The second-order valence-electron chi connectivity index (χ2n) is 7.60. The second-order valence-corrected chi connectivity index (χ2v) is 7.60. The molecule has 1 saturated heterocycles. The highest BCUT2D eigenvalue weighted by atomic mass is 127. The van der Waals surface area contributed by atoms with Crippen molar-refractivity contribution < 1.29 is 9.53 Å². The van der Waals surface area contributed by atoms with Gasteiger partial charge in [-0.2, -0.15) is 0 Å². The molecular formula is C24H33IN4O2. The topological polar surface area (TPSA) is 66.0 Å². The predicted octanol–water partition coefficient (Wildman–Crippen LogP) is 3.92. The van der Waals surface area contributed by atoms with Crippen LogP contribution in [-0.2, 0) is 22.6 Å². The first-order valence-electron chi connectivity index (χ1n) is 10.6. The lowest BCUT2D eigenvalue weighted by Gasteiger charge is -2.21. The molecule has 1 aliphatic rings. The summed E-state index contributed by atoms with van der Waals surface area (Å²) in [6.45, 7) is 5.46. The molecule has 1 amide bonds. The maximum atomic E-state index is 12.3. The third kappa shape index (κ3) is 8.14. The lowest BCUT2D eigenvalue weighted by molar-refractivity contribution is -0.115. The minimum absolute atomic E-state index is 0. The Bertz CT molecular complexity index is 844. The monoisotopic (exact) mass is 536 g/mol. The molecule has 3 rings (SSSR count). The molecule has 2 aromatic carbocycles. The molecule has 0 aromatic heterocycles. The van der Waals surface area contributed by atoms with Crippen LogP contribution >= 0.6 is 24.0 Å². The third-order valence-electron chi connectivity index (χ3n) is 5.29. The van der Waals surface area contributed by atoms with E-state index in [0.29, 0.717) is 12.5 Å². The fourth-order valence-electron chi connectivity index (χ4n) is 3.64. The third-order valence-corrected chi connectivity index (χ3v) is 5.29. The Morgan fingerprint density at radius 1 is 1.16 bits per heavy atom. The molecule has 2 aromatic rings. The van der Waals surface area contributed by atoms with Crippen molar-refractivity contribution >= 4 is 41.5 Å². The number of hydrogen-bond donors (Lipinski definition) is 2. The normalized spacial score (nSPS) is 16.0. The number of nitrogens with zero attached hydrogens (tertiary/aromatic N) is 2. The number of guanidine groups is 1. The first-order chi connectivity index (χ1) is 14.7. The Morgan fingerprint density at radius 3 is 2.68 bits per heavy atom. The van der Waals surface area contributed by atoms with Crippen molar-refractivity contribution in [1.29, 1.82) is 0 Å². The molecule has 31 heavy (non-hydrogen) atoms. The summed E-state index contributed by atoms with van der Waals surface area (Å²) in [6.07, 6.45) is 2.01. The molecule has 0 spiro atoms. The van der Waals surface area contributed by atoms with Gasteiger partial charge >= 0.3 is 0 Å². The van der Waals surface area contributed by atoms with Crippen LogP contribution in [0.4, 0.5) is 5.69 Å². The molecule has 0 saturated carbocycles. The van der Waals surface area contributed by atoms with Crippen molar-refractivity contribution in [3.63, 3.8) is 0 Å². The molecule has 0 bridgehead atoms. The van der Waals surface area contributed by atoms with Crippen molar-refractivity contribution in [2.45, 2.75) is 26.4 Å². The number of amides is 1. The molecule has 1 atom stereocenters. The summed E-state index contributed by atoms with van der Waals surface area (Å²) in [4.78, 5) is 18.9. The van der Waals surface area contributed by atoms with E-state index >= 15 is 0 Å². The van der Waals surface area contributed by atoms with Crippen LogP contribution in [0.3, 0.4) is 0 Å². The van der Waals surface area contributed by atoms with Gasteiger partial charge in [0.05, 0.1) is 19.8 Å². The zero-order chi connectivity index (χ0) is 21.2. The lowest BCUT2D eigenvalue weighted by Crippen LogP contribution is -2.43. The van der Waals surface area contributed by atoms with Crippen LogP contribution in [0, 0.1) is 5.92 Å². The van der Waals surface area contributed by atoms with Gasteiger partial charge in [-0.05, 0) is 36.1 Å². The van der Waals surface area contributed by atoms with Crippen LogP contribution < -0.4 is 10.6 Å². The highest BCUT2D eigenvalue weighted by Gasteiger charge is 2.25. The summed E-state index contributed by atoms with van der Waals surface area (Å²) in [5.41, 5.74) is 3.22. The number of rotatable bonds is 8. The largest absolute Gasteiger partial charge is 0.376 e. The second kappa shape index (κ2) is 13.3. The molecule has 1 heterocycles. The lowest BCUT2D eigenvalue weighted by atomic mass is 10.1.